The molecule has 3 rings (SSSR count). The minimum atomic E-state index is -0.835. The highest BCUT2D eigenvalue weighted by molar-refractivity contribution is 6.46. The van der Waals surface area contributed by atoms with Crippen LogP contribution in [0.2, 0.25) is 0 Å². The van der Waals surface area contributed by atoms with E-state index in [2.05, 4.69) is 4.90 Å². The zero-order valence-corrected chi connectivity index (χ0v) is 21.3. The van der Waals surface area contributed by atoms with Crippen LogP contribution in [0.5, 0.6) is 17.2 Å². The first kappa shape index (κ1) is 26.1. The van der Waals surface area contributed by atoms with Gasteiger partial charge in [-0.15, -0.1) is 0 Å². The highest BCUT2D eigenvalue weighted by Crippen LogP contribution is 2.45. The zero-order chi connectivity index (χ0) is 25.7. The molecule has 0 aliphatic carbocycles. The first-order chi connectivity index (χ1) is 16.8. The van der Waals surface area contributed by atoms with Crippen LogP contribution in [-0.4, -0.2) is 74.1 Å². The van der Waals surface area contributed by atoms with Gasteiger partial charge < -0.3 is 29.1 Å². The van der Waals surface area contributed by atoms with Crippen LogP contribution in [0.1, 0.15) is 36.6 Å². The van der Waals surface area contributed by atoms with Crippen molar-refractivity contribution in [3.63, 3.8) is 0 Å². The van der Waals surface area contributed by atoms with E-state index in [1.165, 1.54) is 19.1 Å². The summed E-state index contributed by atoms with van der Waals surface area (Å²) in [6, 6.07) is 9.60. The van der Waals surface area contributed by atoms with Gasteiger partial charge in [-0.1, -0.05) is 26.0 Å². The molecule has 1 N–H and O–H groups in total. The number of carbonyl (C=O) groups is 2. The Morgan fingerprint density at radius 3 is 2.26 bits per heavy atom. The first-order valence-electron chi connectivity index (χ1n) is 11.7. The molecule has 1 heterocycles. The summed E-state index contributed by atoms with van der Waals surface area (Å²) in [5.41, 5.74) is 1.81. The summed E-state index contributed by atoms with van der Waals surface area (Å²) >= 11 is 0. The van der Waals surface area contributed by atoms with Gasteiger partial charge in [-0.3, -0.25) is 9.59 Å². The number of ether oxygens (including phenoxy) is 3. The number of aliphatic hydroxyl groups is 1. The molecule has 35 heavy (non-hydrogen) atoms. The van der Waals surface area contributed by atoms with Crippen molar-refractivity contribution >= 4 is 17.4 Å². The summed E-state index contributed by atoms with van der Waals surface area (Å²) in [6.45, 7) is 8.48. The lowest BCUT2D eigenvalue weighted by Gasteiger charge is -2.29. The van der Waals surface area contributed by atoms with Crippen LogP contribution in [0.3, 0.4) is 0 Å². The number of benzene rings is 2. The topological polar surface area (TPSA) is 88.5 Å². The number of aliphatic hydroxyl groups excluding tert-OH is 1. The molecular formula is C27H34N2O6. The van der Waals surface area contributed by atoms with Crippen molar-refractivity contribution in [2.45, 2.75) is 26.8 Å². The zero-order valence-electron chi connectivity index (χ0n) is 21.3. The molecule has 0 aromatic heterocycles. The number of likely N-dealkylation sites (tertiary alicyclic amines) is 1. The maximum absolute atomic E-state index is 13.3. The molecule has 0 saturated carbocycles. The molecule has 2 aromatic carbocycles. The number of likely N-dealkylation sites (N-methyl/N-ethyl adjacent to an activating group) is 1. The normalized spacial score (nSPS) is 17.2. The Labute approximate surface area is 206 Å². The van der Waals surface area contributed by atoms with E-state index in [1.807, 2.05) is 20.8 Å². The number of hydrogen-bond acceptors (Lipinski definition) is 7. The average molecular weight is 483 g/mol. The maximum Gasteiger partial charge on any atom is 0.295 e. The van der Waals surface area contributed by atoms with Crippen molar-refractivity contribution in [2.24, 2.45) is 0 Å². The number of methoxy groups -OCH3 is 3. The van der Waals surface area contributed by atoms with Gasteiger partial charge in [0.2, 0.25) is 0 Å². The van der Waals surface area contributed by atoms with Gasteiger partial charge in [-0.05, 0) is 49.8 Å². The van der Waals surface area contributed by atoms with Crippen molar-refractivity contribution in [2.75, 3.05) is 47.5 Å². The minimum absolute atomic E-state index is 0.0191. The van der Waals surface area contributed by atoms with E-state index in [0.717, 1.165) is 18.7 Å². The monoisotopic (exact) mass is 482 g/mol. The summed E-state index contributed by atoms with van der Waals surface area (Å²) in [5.74, 6) is -0.0862. The van der Waals surface area contributed by atoms with Gasteiger partial charge in [0.25, 0.3) is 11.7 Å². The van der Waals surface area contributed by atoms with Crippen LogP contribution >= 0.6 is 0 Å². The lowest BCUT2D eigenvalue weighted by atomic mass is 9.94. The molecule has 1 atom stereocenters. The summed E-state index contributed by atoms with van der Waals surface area (Å²) in [4.78, 5) is 30.3. The second-order valence-electron chi connectivity index (χ2n) is 8.29. The van der Waals surface area contributed by atoms with Crippen molar-refractivity contribution in [1.82, 2.24) is 9.80 Å². The molecule has 0 spiro atoms. The number of amides is 1. The summed E-state index contributed by atoms with van der Waals surface area (Å²) < 4.78 is 16.4. The Hall–Kier alpha value is -3.52. The highest BCUT2D eigenvalue weighted by atomic mass is 16.5. The lowest BCUT2D eigenvalue weighted by molar-refractivity contribution is -0.140. The molecule has 0 radical (unpaired) electrons. The number of rotatable bonds is 10. The Morgan fingerprint density at radius 2 is 1.69 bits per heavy atom. The number of Topliss-reactive ketones (excluding diaryl/α,β-unsaturated/α-hetero) is 1. The largest absolute Gasteiger partial charge is 0.507 e. The predicted molar refractivity (Wildman–Crippen MR) is 134 cm³/mol. The molecule has 1 unspecified atom stereocenters. The summed E-state index contributed by atoms with van der Waals surface area (Å²) in [5, 5.41) is 11.4. The lowest BCUT2D eigenvalue weighted by Crippen LogP contribution is -2.38. The molecule has 0 bridgehead atoms. The molecular weight excluding hydrogens is 448 g/mol. The number of hydrogen-bond donors (Lipinski definition) is 1. The second-order valence-corrected chi connectivity index (χ2v) is 8.29. The quantitative estimate of drug-likeness (QED) is 0.313. The fraction of sp³-hybridized carbons (Fsp3) is 0.407. The molecule has 8 nitrogen and oxygen atoms in total. The molecule has 1 saturated heterocycles. The van der Waals surface area contributed by atoms with Crippen LogP contribution in [0.4, 0.5) is 0 Å². The van der Waals surface area contributed by atoms with Crippen molar-refractivity contribution in [1.29, 1.82) is 0 Å². The molecule has 2 aromatic rings. The van der Waals surface area contributed by atoms with Gasteiger partial charge in [-0.25, -0.2) is 0 Å². The summed E-state index contributed by atoms with van der Waals surface area (Å²) in [7, 11) is 4.60. The third-order valence-electron chi connectivity index (χ3n) is 6.49. The van der Waals surface area contributed by atoms with Crippen LogP contribution < -0.4 is 14.2 Å². The molecule has 8 heteroatoms. The van der Waals surface area contributed by atoms with Gasteiger partial charge in [0.05, 0.1) is 32.9 Å². The van der Waals surface area contributed by atoms with E-state index in [0.29, 0.717) is 41.5 Å². The van der Waals surface area contributed by atoms with Crippen LogP contribution in [0.25, 0.3) is 5.76 Å². The van der Waals surface area contributed by atoms with E-state index in [4.69, 9.17) is 14.2 Å². The number of aryl methyl sites for hydroxylation is 1. The van der Waals surface area contributed by atoms with Crippen molar-refractivity contribution < 1.29 is 28.9 Å². The van der Waals surface area contributed by atoms with Crippen LogP contribution in [0, 0.1) is 6.92 Å². The molecule has 1 amide bonds. The van der Waals surface area contributed by atoms with E-state index in [1.54, 1.807) is 43.5 Å². The maximum atomic E-state index is 13.3. The van der Waals surface area contributed by atoms with E-state index in [9.17, 15) is 14.7 Å². The van der Waals surface area contributed by atoms with Gasteiger partial charge in [0.15, 0.2) is 11.5 Å². The van der Waals surface area contributed by atoms with Crippen LogP contribution in [-0.2, 0) is 9.59 Å². The second kappa shape index (κ2) is 11.3. The fourth-order valence-electron chi connectivity index (χ4n) is 4.53. The van der Waals surface area contributed by atoms with Crippen molar-refractivity contribution in [3.05, 3.63) is 58.7 Å². The minimum Gasteiger partial charge on any atom is -0.507 e. The Morgan fingerprint density at radius 1 is 1.00 bits per heavy atom. The molecule has 188 valence electrons. The van der Waals surface area contributed by atoms with E-state index >= 15 is 0 Å². The highest BCUT2D eigenvalue weighted by Gasteiger charge is 2.47. The average Bonchev–Trinajstić information content (AvgIpc) is 3.12. The smallest absolute Gasteiger partial charge is 0.295 e. The number of nitrogens with zero attached hydrogens (tertiary/aromatic N) is 2. The third kappa shape index (κ3) is 4.98. The number of ketones is 1. The van der Waals surface area contributed by atoms with Gasteiger partial charge in [0.1, 0.15) is 11.5 Å². The summed E-state index contributed by atoms with van der Waals surface area (Å²) in [6.07, 6.45) is 0. The first-order valence-corrected chi connectivity index (χ1v) is 11.7. The van der Waals surface area contributed by atoms with Gasteiger partial charge >= 0.3 is 0 Å². The van der Waals surface area contributed by atoms with Gasteiger partial charge in [0, 0.05) is 24.2 Å². The predicted octanol–water partition coefficient (Wildman–Crippen LogP) is 3.78. The number of para-hydroxylation sites is 1. The standard InChI is InChI=1S/C27H34N2O6/c1-7-28(8-2)14-15-29-23(19-10-9-11-21(34-5)26(19)35-6)22(25(31)27(29)32)24(30)18-12-13-20(33-4)17(3)16-18/h9-13,16,23,30H,7-8,14-15H2,1-6H3. The molecule has 1 fully saturated rings. The molecule has 1 aliphatic heterocycles. The van der Waals surface area contributed by atoms with Crippen LogP contribution in [0.15, 0.2) is 42.0 Å². The van der Waals surface area contributed by atoms with Crippen molar-refractivity contribution in [3.8, 4) is 17.2 Å². The third-order valence-corrected chi connectivity index (χ3v) is 6.49. The Bertz CT molecular complexity index is 1120. The number of carbonyl (C=O) groups excluding carboxylic acids is 2. The van der Waals surface area contributed by atoms with E-state index in [-0.39, 0.29) is 11.3 Å². The fourth-order valence-corrected chi connectivity index (χ4v) is 4.53. The SMILES string of the molecule is CCN(CC)CCN1C(=O)C(=O)C(=C(O)c2ccc(OC)c(C)c2)C1c1cccc(OC)c1OC. The Balaban J connectivity index is 2.21. The molecule has 1 aliphatic rings. The van der Waals surface area contributed by atoms with E-state index < -0.39 is 17.7 Å². The Kier molecular flexibility index (Phi) is 8.40. The van der Waals surface area contributed by atoms with Gasteiger partial charge in [-0.2, -0.15) is 0 Å².